The van der Waals surface area contributed by atoms with Gasteiger partial charge in [-0.05, 0) is 12.8 Å². The van der Waals surface area contributed by atoms with Crippen LogP contribution in [0.25, 0.3) is 0 Å². The summed E-state index contributed by atoms with van der Waals surface area (Å²) in [5.41, 5.74) is 1.72. The van der Waals surface area contributed by atoms with Crippen molar-refractivity contribution in [1.29, 1.82) is 0 Å². The number of fused-ring (bicyclic) bond motifs is 1. The lowest BCUT2D eigenvalue weighted by Gasteiger charge is -2.30. The van der Waals surface area contributed by atoms with Gasteiger partial charge in [0.25, 0.3) is 0 Å². The van der Waals surface area contributed by atoms with E-state index in [0.717, 1.165) is 31.4 Å². The van der Waals surface area contributed by atoms with Gasteiger partial charge in [-0.3, -0.25) is 4.79 Å². The predicted molar refractivity (Wildman–Crippen MR) is 58.9 cm³/mol. The molecule has 86 valence electrons. The summed E-state index contributed by atoms with van der Waals surface area (Å²) in [7, 11) is 0. The molecular weight excluding hydrogens is 204 g/mol. The van der Waals surface area contributed by atoms with E-state index in [4.69, 9.17) is 4.74 Å². The van der Waals surface area contributed by atoms with Crippen LogP contribution in [0.4, 0.5) is 0 Å². The maximum atomic E-state index is 11.1. The highest BCUT2D eigenvalue weighted by Gasteiger charge is 2.36. The van der Waals surface area contributed by atoms with E-state index >= 15 is 0 Å². The van der Waals surface area contributed by atoms with Gasteiger partial charge < -0.3 is 4.74 Å². The van der Waals surface area contributed by atoms with E-state index in [9.17, 15) is 4.79 Å². The Morgan fingerprint density at radius 2 is 2.25 bits per heavy atom. The average molecular weight is 220 g/mol. The molecule has 1 aliphatic heterocycles. The monoisotopic (exact) mass is 220 g/mol. The summed E-state index contributed by atoms with van der Waals surface area (Å²) in [5, 5.41) is 4.54. The molecule has 0 N–H and O–H groups in total. The second kappa shape index (κ2) is 3.09. The van der Waals surface area contributed by atoms with Crippen LogP contribution in [0.2, 0.25) is 0 Å². The van der Waals surface area contributed by atoms with Crippen LogP contribution < -0.4 is 4.74 Å². The van der Waals surface area contributed by atoms with Crippen LogP contribution in [0.5, 0.6) is 5.88 Å². The maximum absolute atomic E-state index is 11.1. The van der Waals surface area contributed by atoms with E-state index in [0.29, 0.717) is 24.0 Å². The van der Waals surface area contributed by atoms with Crippen molar-refractivity contribution in [3.8, 4) is 5.88 Å². The minimum Gasteiger partial charge on any atom is -0.477 e. The second-order valence-corrected chi connectivity index (χ2v) is 5.61. The molecular formula is C12H16N2O2. The average Bonchev–Trinajstić information content (AvgIpc) is 2.99. The zero-order chi connectivity index (χ0) is 11.3. The van der Waals surface area contributed by atoms with Crippen LogP contribution in [-0.4, -0.2) is 22.7 Å². The van der Waals surface area contributed by atoms with Crippen molar-refractivity contribution in [3.63, 3.8) is 0 Å². The first-order valence-electron chi connectivity index (χ1n) is 5.79. The number of rotatable bonds is 2. The summed E-state index contributed by atoms with van der Waals surface area (Å²) in [5.74, 6) is 1.17. The zero-order valence-corrected chi connectivity index (χ0v) is 9.69. The van der Waals surface area contributed by atoms with Gasteiger partial charge in [0.1, 0.15) is 0 Å². The van der Waals surface area contributed by atoms with Gasteiger partial charge in [0.15, 0.2) is 6.29 Å². The fourth-order valence-electron chi connectivity index (χ4n) is 2.22. The highest BCUT2D eigenvalue weighted by Crippen LogP contribution is 2.44. The number of aromatic nitrogens is 2. The Bertz CT molecular complexity index is 444. The number of carbonyl (C=O) groups is 1. The highest BCUT2D eigenvalue weighted by molar-refractivity contribution is 5.80. The molecule has 4 heteroatoms. The molecule has 2 aliphatic rings. The van der Waals surface area contributed by atoms with Crippen molar-refractivity contribution in [1.82, 2.24) is 9.78 Å². The van der Waals surface area contributed by atoms with Crippen molar-refractivity contribution in [3.05, 3.63) is 11.3 Å². The second-order valence-electron chi connectivity index (χ2n) is 5.61. The van der Waals surface area contributed by atoms with Crippen LogP contribution in [0.3, 0.4) is 0 Å². The smallest absolute Gasteiger partial charge is 0.222 e. The third kappa shape index (κ3) is 1.44. The number of hydrogen-bond acceptors (Lipinski definition) is 3. The molecule has 0 unspecified atom stereocenters. The summed E-state index contributed by atoms with van der Waals surface area (Å²) in [6.07, 6.45) is 3.20. The molecule has 1 fully saturated rings. The standard InChI is InChI=1S/C12H16N2O2/c1-12(2)6-14-11(16-7-12)9(5-15)10(13-14)8-3-4-8/h5,8H,3-4,6-7H2,1-2H3. The number of carbonyl (C=O) groups excluding carboxylic acids is 1. The molecule has 1 aliphatic carbocycles. The fourth-order valence-corrected chi connectivity index (χ4v) is 2.22. The van der Waals surface area contributed by atoms with Crippen LogP contribution in [-0.2, 0) is 6.54 Å². The number of ether oxygens (including phenoxy) is 1. The van der Waals surface area contributed by atoms with E-state index in [2.05, 4.69) is 18.9 Å². The van der Waals surface area contributed by atoms with E-state index in [1.54, 1.807) is 0 Å². The Morgan fingerprint density at radius 1 is 1.50 bits per heavy atom. The Kier molecular flexibility index (Phi) is 1.91. The molecule has 1 saturated carbocycles. The lowest BCUT2D eigenvalue weighted by Crippen LogP contribution is -2.33. The normalized spacial score (nSPS) is 22.4. The largest absolute Gasteiger partial charge is 0.477 e. The lowest BCUT2D eigenvalue weighted by molar-refractivity contribution is 0.0966. The minimum absolute atomic E-state index is 0.0972. The summed E-state index contributed by atoms with van der Waals surface area (Å²) >= 11 is 0. The number of aldehydes is 1. The van der Waals surface area contributed by atoms with Gasteiger partial charge in [-0.15, -0.1) is 0 Å². The quantitative estimate of drug-likeness (QED) is 0.716. The molecule has 0 radical (unpaired) electrons. The first kappa shape index (κ1) is 9.87. The van der Waals surface area contributed by atoms with Gasteiger partial charge >= 0.3 is 0 Å². The molecule has 0 atom stereocenters. The van der Waals surface area contributed by atoms with Crippen LogP contribution in [0, 0.1) is 5.41 Å². The van der Waals surface area contributed by atoms with Crippen molar-refractivity contribution in [2.45, 2.75) is 39.2 Å². The van der Waals surface area contributed by atoms with Gasteiger partial charge in [0, 0.05) is 11.3 Å². The Morgan fingerprint density at radius 3 is 2.88 bits per heavy atom. The van der Waals surface area contributed by atoms with Crippen LogP contribution in [0.1, 0.15) is 48.7 Å². The van der Waals surface area contributed by atoms with Crippen molar-refractivity contribution in [2.75, 3.05) is 6.61 Å². The maximum Gasteiger partial charge on any atom is 0.222 e. The van der Waals surface area contributed by atoms with Crippen molar-refractivity contribution in [2.24, 2.45) is 5.41 Å². The van der Waals surface area contributed by atoms with Gasteiger partial charge in [0.05, 0.1) is 24.4 Å². The molecule has 4 nitrogen and oxygen atoms in total. The Labute approximate surface area is 94.6 Å². The topological polar surface area (TPSA) is 44.1 Å². The third-order valence-electron chi connectivity index (χ3n) is 3.23. The molecule has 0 spiro atoms. The Balaban J connectivity index is 2.05. The van der Waals surface area contributed by atoms with Crippen LogP contribution >= 0.6 is 0 Å². The first-order chi connectivity index (χ1) is 7.61. The predicted octanol–water partition coefficient (Wildman–Crippen LogP) is 1.99. The molecule has 0 saturated heterocycles. The van der Waals surface area contributed by atoms with E-state index in [1.807, 2.05) is 4.68 Å². The summed E-state index contributed by atoms with van der Waals surface area (Å²) in [6, 6.07) is 0. The zero-order valence-electron chi connectivity index (χ0n) is 9.69. The minimum atomic E-state index is 0.0972. The first-order valence-corrected chi connectivity index (χ1v) is 5.79. The van der Waals surface area contributed by atoms with Crippen LogP contribution in [0.15, 0.2) is 0 Å². The molecule has 0 bridgehead atoms. The number of hydrogen-bond donors (Lipinski definition) is 0. The van der Waals surface area contributed by atoms with Gasteiger partial charge in [-0.2, -0.15) is 5.10 Å². The summed E-state index contributed by atoms with van der Waals surface area (Å²) in [6.45, 7) is 5.78. The van der Waals surface area contributed by atoms with Gasteiger partial charge in [-0.25, -0.2) is 4.68 Å². The van der Waals surface area contributed by atoms with E-state index < -0.39 is 0 Å². The van der Waals surface area contributed by atoms with E-state index in [1.165, 1.54) is 0 Å². The molecule has 0 amide bonds. The molecule has 2 heterocycles. The molecule has 1 aromatic rings. The number of nitrogens with zero attached hydrogens (tertiary/aromatic N) is 2. The van der Waals surface area contributed by atoms with E-state index in [-0.39, 0.29) is 5.41 Å². The SMILES string of the molecule is CC1(C)COc2c(C=O)c(C3CC3)nn2C1. The van der Waals surface area contributed by atoms with Crippen molar-refractivity contribution < 1.29 is 9.53 Å². The molecule has 16 heavy (non-hydrogen) atoms. The third-order valence-corrected chi connectivity index (χ3v) is 3.23. The molecule has 1 aromatic heterocycles. The van der Waals surface area contributed by atoms with Crippen molar-refractivity contribution >= 4 is 6.29 Å². The molecule has 3 rings (SSSR count). The summed E-state index contributed by atoms with van der Waals surface area (Å²) in [4.78, 5) is 11.1. The Hall–Kier alpha value is -1.32. The highest BCUT2D eigenvalue weighted by atomic mass is 16.5. The molecule has 0 aromatic carbocycles. The summed E-state index contributed by atoms with van der Waals surface area (Å²) < 4.78 is 7.55. The lowest BCUT2D eigenvalue weighted by atomic mass is 9.94. The van der Waals surface area contributed by atoms with Gasteiger partial charge in [0.2, 0.25) is 5.88 Å². The van der Waals surface area contributed by atoms with Gasteiger partial charge in [-0.1, -0.05) is 13.8 Å². The fraction of sp³-hybridized carbons (Fsp3) is 0.667.